The van der Waals surface area contributed by atoms with E-state index in [1.54, 1.807) is 6.07 Å². The van der Waals surface area contributed by atoms with Crippen molar-refractivity contribution in [3.05, 3.63) is 34.9 Å². The van der Waals surface area contributed by atoms with Crippen molar-refractivity contribution < 1.29 is 10.2 Å². The van der Waals surface area contributed by atoms with Crippen molar-refractivity contribution in [2.75, 3.05) is 19.7 Å². The fourth-order valence-corrected chi connectivity index (χ4v) is 3.18. The summed E-state index contributed by atoms with van der Waals surface area (Å²) >= 11 is 6.11. The fraction of sp³-hybridized carbons (Fsp3) is 0.600. The molecule has 0 unspecified atom stereocenters. The second kappa shape index (κ2) is 6.71. The second-order valence-corrected chi connectivity index (χ2v) is 5.81. The summed E-state index contributed by atoms with van der Waals surface area (Å²) in [5.41, 5.74) is 0.763. The molecule has 0 amide bonds. The molecule has 1 heterocycles. The summed E-state index contributed by atoms with van der Waals surface area (Å²) in [6, 6.07) is 7.53. The summed E-state index contributed by atoms with van der Waals surface area (Å²) in [5, 5.41) is 20.5. The average molecular weight is 284 g/mol. The smallest absolute Gasteiger partial charge is 0.0931 e. The molecule has 1 aromatic carbocycles. The maximum Gasteiger partial charge on any atom is 0.0931 e. The van der Waals surface area contributed by atoms with Gasteiger partial charge in [-0.25, -0.2) is 0 Å². The van der Waals surface area contributed by atoms with Gasteiger partial charge in [-0.15, -0.1) is 0 Å². The molecule has 19 heavy (non-hydrogen) atoms. The third-order valence-corrected chi connectivity index (χ3v) is 4.43. The van der Waals surface area contributed by atoms with Crippen molar-refractivity contribution in [3.63, 3.8) is 0 Å². The molecule has 2 rings (SSSR count). The molecular weight excluding hydrogens is 262 g/mol. The summed E-state index contributed by atoms with van der Waals surface area (Å²) < 4.78 is 0. The van der Waals surface area contributed by atoms with E-state index in [0.717, 1.165) is 24.9 Å². The average Bonchev–Trinajstić information content (AvgIpc) is 2.39. The van der Waals surface area contributed by atoms with E-state index in [0.29, 0.717) is 17.5 Å². The van der Waals surface area contributed by atoms with Crippen molar-refractivity contribution >= 4 is 11.6 Å². The predicted octanol–water partition coefficient (Wildman–Crippen LogP) is 2.47. The van der Waals surface area contributed by atoms with Crippen LogP contribution in [-0.4, -0.2) is 40.9 Å². The van der Waals surface area contributed by atoms with Gasteiger partial charge in [0.1, 0.15) is 0 Å². The highest BCUT2D eigenvalue weighted by Crippen LogP contribution is 2.28. The van der Waals surface area contributed by atoms with Gasteiger partial charge in [-0.05, 0) is 31.4 Å². The van der Waals surface area contributed by atoms with Crippen molar-refractivity contribution in [1.29, 1.82) is 0 Å². The van der Waals surface area contributed by atoms with E-state index < -0.39 is 6.10 Å². The standard InChI is InChI=1S/C15H22ClNO2/c1-11-5-4-8-17(14(11)10-18)9-15(19)12-6-2-3-7-13(12)16/h2-3,6-7,11,14-15,18-19H,4-5,8-10H2,1H3/t11-,14-,15+/m1/s1. The zero-order valence-corrected chi connectivity index (χ0v) is 12.1. The molecule has 1 aliphatic heterocycles. The Morgan fingerprint density at radius 1 is 1.42 bits per heavy atom. The normalized spacial score (nSPS) is 26.3. The molecule has 4 heteroatoms. The van der Waals surface area contributed by atoms with Crippen molar-refractivity contribution in [2.45, 2.75) is 31.9 Å². The quantitative estimate of drug-likeness (QED) is 0.892. The molecule has 1 fully saturated rings. The summed E-state index contributed by atoms with van der Waals surface area (Å²) in [5.74, 6) is 0.470. The Labute approximate surface area is 119 Å². The first-order chi connectivity index (χ1) is 9.13. The molecule has 0 spiro atoms. The number of halogens is 1. The van der Waals surface area contributed by atoms with Crippen LogP contribution < -0.4 is 0 Å². The van der Waals surface area contributed by atoms with E-state index in [-0.39, 0.29) is 12.6 Å². The number of hydrogen-bond acceptors (Lipinski definition) is 3. The van der Waals surface area contributed by atoms with Gasteiger partial charge < -0.3 is 10.2 Å². The molecule has 3 nitrogen and oxygen atoms in total. The van der Waals surface area contributed by atoms with Gasteiger partial charge >= 0.3 is 0 Å². The molecule has 1 aromatic rings. The highest BCUT2D eigenvalue weighted by molar-refractivity contribution is 6.31. The first kappa shape index (κ1) is 14.8. The summed E-state index contributed by atoms with van der Waals surface area (Å²) in [6.45, 7) is 3.77. The summed E-state index contributed by atoms with van der Waals surface area (Å²) in [6.07, 6.45) is 1.66. The number of piperidine rings is 1. The number of β-amino-alcohol motifs (C(OH)–C–C–N with tert-alkyl or cyclic N) is 1. The molecule has 0 bridgehead atoms. The Balaban J connectivity index is 2.05. The van der Waals surface area contributed by atoms with Gasteiger partial charge in [-0.2, -0.15) is 0 Å². The van der Waals surface area contributed by atoms with Crippen molar-refractivity contribution in [1.82, 2.24) is 4.90 Å². The van der Waals surface area contributed by atoms with Gasteiger partial charge in [0.25, 0.3) is 0 Å². The van der Waals surface area contributed by atoms with Crippen molar-refractivity contribution in [2.24, 2.45) is 5.92 Å². The van der Waals surface area contributed by atoms with Crippen molar-refractivity contribution in [3.8, 4) is 0 Å². The largest absolute Gasteiger partial charge is 0.395 e. The van der Waals surface area contributed by atoms with Gasteiger partial charge in [-0.3, -0.25) is 4.90 Å². The number of rotatable bonds is 4. The molecule has 106 valence electrons. The minimum atomic E-state index is -0.604. The van der Waals surface area contributed by atoms with Crippen LogP contribution in [0.5, 0.6) is 0 Å². The van der Waals surface area contributed by atoms with Crippen LogP contribution in [0.25, 0.3) is 0 Å². The highest BCUT2D eigenvalue weighted by atomic mass is 35.5. The molecule has 1 aliphatic rings. The number of nitrogens with zero attached hydrogens (tertiary/aromatic N) is 1. The van der Waals surface area contributed by atoms with Crippen LogP contribution in [-0.2, 0) is 0 Å². The molecule has 0 aliphatic carbocycles. The van der Waals surface area contributed by atoms with E-state index in [1.807, 2.05) is 18.2 Å². The third-order valence-electron chi connectivity index (χ3n) is 4.09. The number of aliphatic hydroxyl groups is 2. The third kappa shape index (κ3) is 3.48. The number of hydrogen-bond donors (Lipinski definition) is 2. The molecule has 0 aromatic heterocycles. The van der Waals surface area contributed by atoms with Crippen LogP contribution in [0.3, 0.4) is 0 Å². The van der Waals surface area contributed by atoms with Gasteiger partial charge in [-0.1, -0.05) is 36.7 Å². The Kier molecular flexibility index (Phi) is 5.22. The Morgan fingerprint density at radius 3 is 2.84 bits per heavy atom. The lowest BCUT2D eigenvalue weighted by molar-refractivity contribution is 0.0166. The zero-order chi connectivity index (χ0) is 13.8. The molecule has 0 saturated carbocycles. The maximum atomic E-state index is 10.3. The highest BCUT2D eigenvalue weighted by Gasteiger charge is 2.29. The lowest BCUT2D eigenvalue weighted by Crippen LogP contribution is -2.48. The molecule has 0 radical (unpaired) electrons. The monoisotopic (exact) mass is 283 g/mol. The lowest BCUT2D eigenvalue weighted by Gasteiger charge is -2.40. The Bertz CT molecular complexity index is 413. The maximum absolute atomic E-state index is 10.3. The van der Waals surface area contributed by atoms with Crippen LogP contribution in [0, 0.1) is 5.92 Å². The van der Waals surface area contributed by atoms with Gasteiger partial charge in [0.15, 0.2) is 0 Å². The van der Waals surface area contributed by atoms with E-state index in [4.69, 9.17) is 11.6 Å². The Hall–Kier alpha value is -0.610. The number of aliphatic hydroxyl groups excluding tert-OH is 2. The first-order valence-electron chi connectivity index (χ1n) is 6.91. The second-order valence-electron chi connectivity index (χ2n) is 5.40. The molecule has 2 N–H and O–H groups in total. The lowest BCUT2D eigenvalue weighted by atomic mass is 9.90. The van der Waals surface area contributed by atoms with Gasteiger partial charge in [0, 0.05) is 23.2 Å². The van der Waals surface area contributed by atoms with E-state index in [9.17, 15) is 10.2 Å². The van der Waals surface area contributed by atoms with Crippen LogP contribution in [0.15, 0.2) is 24.3 Å². The molecule has 1 saturated heterocycles. The van der Waals surface area contributed by atoms with E-state index in [2.05, 4.69) is 11.8 Å². The Morgan fingerprint density at radius 2 is 2.16 bits per heavy atom. The van der Waals surface area contributed by atoms with Crippen LogP contribution in [0.1, 0.15) is 31.4 Å². The van der Waals surface area contributed by atoms with Crippen LogP contribution in [0.4, 0.5) is 0 Å². The van der Waals surface area contributed by atoms with E-state index >= 15 is 0 Å². The SMILES string of the molecule is C[C@@H]1CCCN(C[C@H](O)c2ccccc2Cl)[C@@H]1CO. The van der Waals surface area contributed by atoms with Gasteiger partial charge in [0.2, 0.25) is 0 Å². The fourth-order valence-electron chi connectivity index (χ4n) is 2.92. The summed E-state index contributed by atoms with van der Waals surface area (Å²) in [4.78, 5) is 2.18. The minimum absolute atomic E-state index is 0.144. The van der Waals surface area contributed by atoms with E-state index in [1.165, 1.54) is 0 Å². The zero-order valence-electron chi connectivity index (χ0n) is 11.3. The van der Waals surface area contributed by atoms with Crippen LogP contribution in [0.2, 0.25) is 5.02 Å². The van der Waals surface area contributed by atoms with Gasteiger partial charge in [0.05, 0.1) is 12.7 Å². The first-order valence-corrected chi connectivity index (χ1v) is 7.28. The number of benzene rings is 1. The number of likely N-dealkylation sites (tertiary alicyclic amines) is 1. The minimum Gasteiger partial charge on any atom is -0.395 e. The predicted molar refractivity (Wildman–Crippen MR) is 77.3 cm³/mol. The molecular formula is C15H22ClNO2. The topological polar surface area (TPSA) is 43.7 Å². The molecule has 3 atom stereocenters. The summed E-state index contributed by atoms with van der Waals surface area (Å²) in [7, 11) is 0. The van der Waals surface area contributed by atoms with Crippen LogP contribution >= 0.6 is 11.6 Å².